The maximum Gasteiger partial charge on any atom is 0.259 e. The van der Waals surface area contributed by atoms with Gasteiger partial charge in [-0.15, -0.1) is 0 Å². The molecule has 6 heteroatoms. The van der Waals surface area contributed by atoms with Gasteiger partial charge in [0.15, 0.2) is 11.5 Å². The van der Waals surface area contributed by atoms with Crippen molar-refractivity contribution in [3.63, 3.8) is 0 Å². The highest BCUT2D eigenvalue weighted by molar-refractivity contribution is 14.1. The number of hydrogen-bond acceptors (Lipinski definition) is 4. The van der Waals surface area contributed by atoms with Gasteiger partial charge in [0.05, 0.1) is 28.2 Å². The SMILES string of the molecule is CCCCOc1c(I)cc(-c2nc3ccccc3c(=O)[nH]2)cc1OC. The molecule has 0 radical (unpaired) electrons. The van der Waals surface area contributed by atoms with Crippen LogP contribution in [0.2, 0.25) is 0 Å². The van der Waals surface area contributed by atoms with Gasteiger partial charge >= 0.3 is 0 Å². The standard InChI is InChI=1S/C19H19IN2O3/c1-3-4-9-25-17-14(20)10-12(11-16(17)24-2)18-21-15-8-6-5-7-13(15)19(23)22-18/h5-8,10-11H,3-4,9H2,1-2H3,(H,21,22,23). The number of H-pyrrole nitrogens is 1. The van der Waals surface area contributed by atoms with Crippen molar-refractivity contribution in [3.8, 4) is 22.9 Å². The smallest absolute Gasteiger partial charge is 0.259 e. The van der Waals surface area contributed by atoms with Crippen molar-refractivity contribution in [2.45, 2.75) is 19.8 Å². The fourth-order valence-corrected chi connectivity index (χ4v) is 3.30. The first kappa shape index (κ1) is 17.7. The summed E-state index contributed by atoms with van der Waals surface area (Å²) in [4.78, 5) is 19.7. The second-order valence-corrected chi connectivity index (χ2v) is 6.79. The van der Waals surface area contributed by atoms with Crippen molar-refractivity contribution in [2.24, 2.45) is 0 Å². The average molecular weight is 450 g/mol. The van der Waals surface area contributed by atoms with E-state index in [1.165, 1.54) is 0 Å². The molecule has 0 aliphatic rings. The number of ether oxygens (including phenoxy) is 2. The van der Waals surface area contributed by atoms with Crippen LogP contribution in [0.15, 0.2) is 41.2 Å². The van der Waals surface area contributed by atoms with Gasteiger partial charge in [0.25, 0.3) is 5.56 Å². The Kier molecular flexibility index (Phi) is 5.57. The van der Waals surface area contributed by atoms with Crippen molar-refractivity contribution in [3.05, 3.63) is 50.3 Å². The number of para-hydroxylation sites is 1. The normalized spacial score (nSPS) is 10.8. The Morgan fingerprint density at radius 3 is 2.80 bits per heavy atom. The molecule has 0 unspecified atom stereocenters. The van der Waals surface area contributed by atoms with Gasteiger partial charge in [0.2, 0.25) is 0 Å². The highest BCUT2D eigenvalue weighted by Gasteiger charge is 2.14. The van der Waals surface area contributed by atoms with Crippen molar-refractivity contribution < 1.29 is 9.47 Å². The van der Waals surface area contributed by atoms with Crippen molar-refractivity contribution in [1.82, 2.24) is 9.97 Å². The summed E-state index contributed by atoms with van der Waals surface area (Å²) in [5.41, 5.74) is 1.29. The van der Waals surface area contributed by atoms with Crippen LogP contribution >= 0.6 is 22.6 Å². The first-order valence-electron chi connectivity index (χ1n) is 8.13. The number of aromatic nitrogens is 2. The third-order valence-corrected chi connectivity index (χ3v) is 4.66. The third kappa shape index (κ3) is 3.78. The Morgan fingerprint density at radius 2 is 2.04 bits per heavy atom. The molecule has 1 N–H and O–H groups in total. The number of halogens is 1. The van der Waals surface area contributed by atoms with E-state index in [1.54, 1.807) is 13.2 Å². The Bertz CT molecular complexity index is 953. The Labute approximate surface area is 159 Å². The molecule has 0 fully saturated rings. The summed E-state index contributed by atoms with van der Waals surface area (Å²) in [7, 11) is 1.61. The van der Waals surface area contributed by atoms with Crippen molar-refractivity contribution >= 4 is 33.5 Å². The molecule has 2 aromatic carbocycles. The van der Waals surface area contributed by atoms with Gasteiger partial charge in [-0.25, -0.2) is 4.98 Å². The molecule has 3 aromatic rings. The van der Waals surface area contributed by atoms with E-state index in [2.05, 4.69) is 39.5 Å². The second kappa shape index (κ2) is 7.86. The van der Waals surface area contributed by atoms with Crippen molar-refractivity contribution in [1.29, 1.82) is 0 Å². The summed E-state index contributed by atoms with van der Waals surface area (Å²) in [6.07, 6.45) is 2.06. The molecule has 0 aliphatic carbocycles. The number of nitrogens with zero attached hydrogens (tertiary/aromatic N) is 1. The molecule has 0 spiro atoms. The number of fused-ring (bicyclic) bond motifs is 1. The summed E-state index contributed by atoms with van der Waals surface area (Å²) in [6.45, 7) is 2.77. The highest BCUT2D eigenvalue weighted by atomic mass is 127. The molecule has 25 heavy (non-hydrogen) atoms. The maximum absolute atomic E-state index is 12.3. The monoisotopic (exact) mass is 450 g/mol. The Balaban J connectivity index is 2.06. The lowest BCUT2D eigenvalue weighted by molar-refractivity contribution is 0.286. The fraction of sp³-hybridized carbons (Fsp3) is 0.263. The summed E-state index contributed by atoms with van der Waals surface area (Å²) in [6, 6.07) is 11.1. The summed E-state index contributed by atoms with van der Waals surface area (Å²) < 4.78 is 12.3. The number of unbranched alkanes of at least 4 members (excludes halogenated alkanes) is 1. The molecule has 0 saturated carbocycles. The first-order chi connectivity index (χ1) is 12.1. The number of benzene rings is 2. The quantitative estimate of drug-likeness (QED) is 0.447. The van der Waals surface area contributed by atoms with E-state index in [4.69, 9.17) is 9.47 Å². The molecule has 130 valence electrons. The van der Waals surface area contributed by atoms with E-state index in [9.17, 15) is 4.79 Å². The molecule has 3 rings (SSSR count). The van der Waals surface area contributed by atoms with E-state index < -0.39 is 0 Å². The zero-order chi connectivity index (χ0) is 17.8. The maximum atomic E-state index is 12.3. The van der Waals surface area contributed by atoms with Gasteiger partial charge in [-0.3, -0.25) is 4.79 Å². The number of nitrogens with one attached hydrogen (secondary N) is 1. The minimum atomic E-state index is -0.155. The van der Waals surface area contributed by atoms with Crippen LogP contribution in [0.4, 0.5) is 0 Å². The van der Waals surface area contributed by atoms with E-state index in [-0.39, 0.29) is 5.56 Å². The molecular weight excluding hydrogens is 431 g/mol. The number of rotatable bonds is 6. The van der Waals surface area contributed by atoms with Gasteiger partial charge < -0.3 is 14.5 Å². The van der Waals surface area contributed by atoms with Gasteiger partial charge in [-0.05, 0) is 53.3 Å². The lowest BCUT2D eigenvalue weighted by Gasteiger charge is -2.14. The van der Waals surface area contributed by atoms with Gasteiger partial charge in [0, 0.05) is 5.56 Å². The van der Waals surface area contributed by atoms with Crippen LogP contribution in [0.3, 0.4) is 0 Å². The Morgan fingerprint density at radius 1 is 1.24 bits per heavy atom. The summed E-state index contributed by atoms with van der Waals surface area (Å²) in [5, 5.41) is 0.576. The zero-order valence-electron chi connectivity index (χ0n) is 14.1. The minimum absolute atomic E-state index is 0.155. The molecule has 0 saturated heterocycles. The van der Waals surface area contributed by atoms with Crippen LogP contribution < -0.4 is 15.0 Å². The van der Waals surface area contributed by atoms with Crippen LogP contribution in [0.1, 0.15) is 19.8 Å². The minimum Gasteiger partial charge on any atom is -0.493 e. The van der Waals surface area contributed by atoms with Crippen LogP contribution in [0.5, 0.6) is 11.5 Å². The lowest BCUT2D eigenvalue weighted by atomic mass is 10.1. The number of hydrogen-bond donors (Lipinski definition) is 1. The van der Waals surface area contributed by atoms with E-state index in [0.29, 0.717) is 29.1 Å². The largest absolute Gasteiger partial charge is 0.493 e. The van der Waals surface area contributed by atoms with Crippen LogP contribution in [-0.2, 0) is 0 Å². The zero-order valence-corrected chi connectivity index (χ0v) is 16.3. The average Bonchev–Trinajstić information content (AvgIpc) is 2.62. The van der Waals surface area contributed by atoms with E-state index in [1.807, 2.05) is 30.3 Å². The number of aromatic amines is 1. The topological polar surface area (TPSA) is 64.2 Å². The molecule has 0 amide bonds. The van der Waals surface area contributed by atoms with Gasteiger partial charge in [-0.1, -0.05) is 25.5 Å². The predicted molar refractivity (Wildman–Crippen MR) is 107 cm³/mol. The fourth-order valence-electron chi connectivity index (χ4n) is 2.54. The van der Waals surface area contributed by atoms with Gasteiger partial charge in [0.1, 0.15) is 5.82 Å². The molecule has 0 bridgehead atoms. The van der Waals surface area contributed by atoms with Crippen LogP contribution in [-0.4, -0.2) is 23.7 Å². The summed E-state index contributed by atoms with van der Waals surface area (Å²) >= 11 is 2.22. The Hall–Kier alpha value is -2.09. The lowest BCUT2D eigenvalue weighted by Crippen LogP contribution is -2.09. The molecule has 5 nitrogen and oxygen atoms in total. The second-order valence-electron chi connectivity index (χ2n) is 5.62. The van der Waals surface area contributed by atoms with Crippen molar-refractivity contribution in [2.75, 3.05) is 13.7 Å². The first-order valence-corrected chi connectivity index (χ1v) is 9.21. The van der Waals surface area contributed by atoms with Crippen LogP contribution in [0.25, 0.3) is 22.3 Å². The number of methoxy groups -OCH3 is 1. The molecule has 0 atom stereocenters. The molecular formula is C19H19IN2O3. The molecule has 0 aliphatic heterocycles. The third-order valence-electron chi connectivity index (χ3n) is 3.86. The van der Waals surface area contributed by atoms with E-state index >= 15 is 0 Å². The van der Waals surface area contributed by atoms with E-state index in [0.717, 1.165) is 27.7 Å². The van der Waals surface area contributed by atoms with Gasteiger partial charge in [-0.2, -0.15) is 0 Å². The molecule has 1 heterocycles. The summed E-state index contributed by atoms with van der Waals surface area (Å²) in [5.74, 6) is 1.87. The predicted octanol–water partition coefficient (Wildman–Crippen LogP) is 4.38. The highest BCUT2D eigenvalue weighted by Crippen LogP contribution is 2.36. The molecule has 1 aromatic heterocycles. The van der Waals surface area contributed by atoms with Crippen LogP contribution in [0, 0.1) is 3.57 Å².